The number of benzene rings is 2. The lowest BCUT2D eigenvalue weighted by atomic mass is 10.1. The number of methoxy groups -OCH3 is 1. The maximum absolute atomic E-state index is 13.0. The van der Waals surface area contributed by atoms with Gasteiger partial charge in [-0.25, -0.2) is 8.42 Å². The van der Waals surface area contributed by atoms with Gasteiger partial charge in [-0.2, -0.15) is 4.72 Å². The molecule has 0 aliphatic rings. The van der Waals surface area contributed by atoms with Gasteiger partial charge in [-0.15, -0.1) is 0 Å². The van der Waals surface area contributed by atoms with E-state index in [9.17, 15) is 13.2 Å². The van der Waals surface area contributed by atoms with E-state index in [4.69, 9.17) is 4.74 Å². The van der Waals surface area contributed by atoms with Gasteiger partial charge in [-0.1, -0.05) is 36.4 Å². The molecule has 2 N–H and O–H groups in total. The summed E-state index contributed by atoms with van der Waals surface area (Å²) in [4.78, 5) is 12.6. The van der Waals surface area contributed by atoms with Crippen LogP contribution in [0.5, 0.6) is 5.75 Å². The van der Waals surface area contributed by atoms with Crippen LogP contribution in [0.15, 0.2) is 53.4 Å². The second kappa shape index (κ2) is 9.01. The van der Waals surface area contributed by atoms with Gasteiger partial charge in [0.2, 0.25) is 15.9 Å². The van der Waals surface area contributed by atoms with Crippen molar-refractivity contribution in [3.8, 4) is 5.75 Å². The first kappa shape index (κ1) is 20.9. The van der Waals surface area contributed by atoms with E-state index in [1.165, 1.54) is 13.2 Å². The van der Waals surface area contributed by atoms with E-state index in [-0.39, 0.29) is 29.0 Å². The van der Waals surface area contributed by atoms with Crippen LogP contribution in [0.1, 0.15) is 25.0 Å². The molecule has 146 valence electrons. The van der Waals surface area contributed by atoms with Crippen LogP contribution in [0, 0.1) is 6.92 Å². The Bertz CT molecular complexity index is 880. The molecular formula is C20H26N2O4S. The van der Waals surface area contributed by atoms with Crippen molar-refractivity contribution >= 4 is 15.9 Å². The SMILES string of the molecule is COc1ccc(C)cc1S(=O)(=O)N[C@H](Cc1ccccc1)C(=O)NC(C)C. The highest BCUT2D eigenvalue weighted by molar-refractivity contribution is 7.89. The molecule has 0 heterocycles. The maximum Gasteiger partial charge on any atom is 0.244 e. The lowest BCUT2D eigenvalue weighted by molar-refractivity contribution is -0.123. The minimum Gasteiger partial charge on any atom is -0.495 e. The van der Waals surface area contributed by atoms with Crippen molar-refractivity contribution in [2.24, 2.45) is 0 Å². The minimum atomic E-state index is -3.96. The molecule has 2 aromatic carbocycles. The largest absolute Gasteiger partial charge is 0.495 e. The van der Waals surface area contributed by atoms with Gasteiger partial charge in [0.1, 0.15) is 16.7 Å². The molecule has 0 radical (unpaired) electrons. The fourth-order valence-corrected chi connectivity index (χ4v) is 4.12. The second-order valence-electron chi connectivity index (χ2n) is 6.68. The smallest absolute Gasteiger partial charge is 0.244 e. The fraction of sp³-hybridized carbons (Fsp3) is 0.350. The highest BCUT2D eigenvalue weighted by Crippen LogP contribution is 2.25. The van der Waals surface area contributed by atoms with Gasteiger partial charge in [-0.3, -0.25) is 4.79 Å². The molecule has 2 aromatic rings. The first-order chi connectivity index (χ1) is 12.7. The van der Waals surface area contributed by atoms with Crippen molar-refractivity contribution in [1.82, 2.24) is 10.0 Å². The number of carbonyl (C=O) groups excluding carboxylic acids is 1. The predicted molar refractivity (Wildman–Crippen MR) is 105 cm³/mol. The summed E-state index contributed by atoms with van der Waals surface area (Å²) in [7, 11) is -2.55. The second-order valence-corrected chi connectivity index (χ2v) is 8.36. The minimum absolute atomic E-state index is 0.0143. The zero-order valence-electron chi connectivity index (χ0n) is 16.0. The van der Waals surface area contributed by atoms with Gasteiger partial charge in [-0.05, 0) is 50.5 Å². The third-order valence-corrected chi connectivity index (χ3v) is 5.43. The van der Waals surface area contributed by atoms with Gasteiger partial charge < -0.3 is 10.1 Å². The van der Waals surface area contributed by atoms with Crippen molar-refractivity contribution in [1.29, 1.82) is 0 Å². The Hall–Kier alpha value is -2.38. The summed E-state index contributed by atoms with van der Waals surface area (Å²) in [6, 6.07) is 13.1. The Kier molecular flexibility index (Phi) is 6.98. The zero-order valence-corrected chi connectivity index (χ0v) is 16.8. The highest BCUT2D eigenvalue weighted by Gasteiger charge is 2.28. The van der Waals surface area contributed by atoms with E-state index in [1.807, 2.05) is 44.2 Å². The normalized spacial score (nSPS) is 12.6. The Balaban J connectivity index is 2.35. The van der Waals surface area contributed by atoms with E-state index < -0.39 is 16.1 Å². The first-order valence-electron chi connectivity index (χ1n) is 8.74. The number of nitrogens with one attached hydrogen (secondary N) is 2. The molecule has 1 atom stereocenters. The number of hydrogen-bond acceptors (Lipinski definition) is 4. The standard InChI is InChI=1S/C20H26N2O4S/c1-14(2)21-20(23)17(13-16-8-6-5-7-9-16)22-27(24,25)19-12-15(3)10-11-18(19)26-4/h5-12,14,17,22H,13H2,1-4H3,(H,21,23)/t17-/m1/s1. The molecule has 0 saturated heterocycles. The van der Waals surface area contributed by atoms with Crippen LogP contribution in [0.25, 0.3) is 0 Å². The summed E-state index contributed by atoms with van der Waals surface area (Å²) >= 11 is 0. The molecule has 0 saturated carbocycles. The molecule has 0 aliphatic carbocycles. The highest BCUT2D eigenvalue weighted by atomic mass is 32.2. The molecule has 7 heteroatoms. The summed E-state index contributed by atoms with van der Waals surface area (Å²) in [6.45, 7) is 5.45. The van der Waals surface area contributed by atoms with E-state index in [1.54, 1.807) is 19.1 Å². The van der Waals surface area contributed by atoms with Crippen molar-refractivity contribution in [3.05, 3.63) is 59.7 Å². The Morgan fingerprint density at radius 3 is 2.37 bits per heavy atom. The summed E-state index contributed by atoms with van der Waals surface area (Å²) in [5.41, 5.74) is 1.64. The molecule has 0 unspecified atom stereocenters. The summed E-state index contributed by atoms with van der Waals surface area (Å²) in [5.74, 6) is -0.139. The van der Waals surface area contributed by atoms with Crippen LogP contribution in [0.4, 0.5) is 0 Å². The number of ether oxygens (including phenoxy) is 1. The monoisotopic (exact) mass is 390 g/mol. The van der Waals surface area contributed by atoms with Crippen molar-refractivity contribution < 1.29 is 17.9 Å². The van der Waals surface area contributed by atoms with E-state index >= 15 is 0 Å². The average Bonchev–Trinajstić information content (AvgIpc) is 2.61. The summed E-state index contributed by atoms with van der Waals surface area (Å²) < 4.78 is 33.7. The number of hydrogen-bond donors (Lipinski definition) is 2. The number of sulfonamides is 1. The van der Waals surface area contributed by atoms with Crippen LogP contribution in [0.3, 0.4) is 0 Å². The Morgan fingerprint density at radius 1 is 1.11 bits per heavy atom. The van der Waals surface area contributed by atoms with Crippen LogP contribution >= 0.6 is 0 Å². The zero-order chi connectivity index (χ0) is 20.0. The van der Waals surface area contributed by atoms with Gasteiger partial charge >= 0.3 is 0 Å². The van der Waals surface area contributed by atoms with E-state index in [0.29, 0.717) is 0 Å². The van der Waals surface area contributed by atoms with E-state index in [2.05, 4.69) is 10.0 Å². The summed E-state index contributed by atoms with van der Waals surface area (Å²) in [5, 5.41) is 2.78. The Morgan fingerprint density at radius 2 is 1.78 bits per heavy atom. The molecule has 0 aromatic heterocycles. The molecule has 0 bridgehead atoms. The average molecular weight is 391 g/mol. The molecule has 1 amide bonds. The summed E-state index contributed by atoms with van der Waals surface area (Å²) in [6.07, 6.45) is 0.243. The van der Waals surface area contributed by atoms with Crippen LogP contribution < -0.4 is 14.8 Å². The molecule has 6 nitrogen and oxygen atoms in total. The number of aryl methyl sites for hydroxylation is 1. The first-order valence-corrected chi connectivity index (χ1v) is 10.2. The predicted octanol–water partition coefficient (Wildman–Crippen LogP) is 2.42. The third kappa shape index (κ3) is 5.80. The molecule has 0 fully saturated rings. The van der Waals surface area contributed by atoms with Crippen molar-refractivity contribution in [3.63, 3.8) is 0 Å². The van der Waals surface area contributed by atoms with Crippen LogP contribution in [0.2, 0.25) is 0 Å². The lowest BCUT2D eigenvalue weighted by Gasteiger charge is -2.21. The quantitative estimate of drug-likeness (QED) is 0.725. The Labute approximate surface area is 161 Å². The lowest BCUT2D eigenvalue weighted by Crippen LogP contribution is -2.49. The van der Waals surface area contributed by atoms with Gasteiger partial charge in [0, 0.05) is 6.04 Å². The number of carbonyl (C=O) groups is 1. The van der Waals surface area contributed by atoms with Crippen molar-refractivity contribution in [2.75, 3.05) is 7.11 Å². The fourth-order valence-electron chi connectivity index (χ4n) is 2.67. The topological polar surface area (TPSA) is 84.5 Å². The van der Waals surface area contributed by atoms with Gasteiger partial charge in [0.05, 0.1) is 7.11 Å². The molecule has 0 spiro atoms. The van der Waals surface area contributed by atoms with Crippen LogP contribution in [-0.4, -0.2) is 33.5 Å². The number of amides is 1. The van der Waals surface area contributed by atoms with E-state index in [0.717, 1.165) is 11.1 Å². The van der Waals surface area contributed by atoms with Gasteiger partial charge in [0.15, 0.2) is 0 Å². The molecule has 27 heavy (non-hydrogen) atoms. The van der Waals surface area contributed by atoms with Gasteiger partial charge in [0.25, 0.3) is 0 Å². The molecule has 2 rings (SSSR count). The van der Waals surface area contributed by atoms with Crippen molar-refractivity contribution in [2.45, 2.75) is 44.2 Å². The number of rotatable bonds is 8. The third-order valence-electron chi connectivity index (χ3n) is 3.94. The van der Waals surface area contributed by atoms with Crippen LogP contribution in [-0.2, 0) is 21.2 Å². The molecular weight excluding hydrogens is 364 g/mol. The maximum atomic E-state index is 13.0. The molecule has 0 aliphatic heterocycles.